The molecule has 32 heavy (non-hydrogen) atoms. The average molecular weight is 452 g/mol. The first-order valence-electron chi connectivity index (χ1n) is 10.4. The number of amides is 2. The Morgan fingerprint density at radius 2 is 1.72 bits per heavy atom. The number of benzene rings is 1. The van der Waals surface area contributed by atoms with E-state index < -0.39 is 70.5 Å². The van der Waals surface area contributed by atoms with Gasteiger partial charge in [0.25, 0.3) is 0 Å². The number of nitrogens with one attached hydrogen (secondary N) is 2. The minimum atomic E-state index is -1.59. The van der Waals surface area contributed by atoms with Crippen molar-refractivity contribution in [3.05, 3.63) is 28.6 Å². The molecule has 3 aliphatic heterocycles. The molecular formula is C21H23F3N4O4. The summed E-state index contributed by atoms with van der Waals surface area (Å²) in [6, 6.07) is -2.90. The molecule has 0 saturated carbocycles. The van der Waals surface area contributed by atoms with Crippen molar-refractivity contribution in [1.82, 2.24) is 15.5 Å². The lowest BCUT2D eigenvalue weighted by Crippen LogP contribution is -2.55. The normalized spacial score (nSPS) is 28.5. The van der Waals surface area contributed by atoms with Gasteiger partial charge in [-0.15, -0.1) is 0 Å². The van der Waals surface area contributed by atoms with E-state index in [4.69, 9.17) is 0 Å². The molecular weight excluding hydrogens is 429 g/mol. The smallest absolute Gasteiger partial charge is 0.243 e. The lowest BCUT2D eigenvalue weighted by molar-refractivity contribution is -0.141. The van der Waals surface area contributed by atoms with Crippen LogP contribution in [0.4, 0.5) is 18.9 Å². The SMILES string of the molecule is CC1CN(c2c(F)c(F)c3c(c2F)C(C(=O)C=O)N(C2CCC(=O)NC2=O)C3)CC(C)N1. The molecule has 2 N–H and O–H groups in total. The lowest BCUT2D eigenvalue weighted by Gasteiger charge is -2.38. The van der Waals surface area contributed by atoms with E-state index in [1.807, 2.05) is 13.8 Å². The summed E-state index contributed by atoms with van der Waals surface area (Å²) in [4.78, 5) is 50.3. The van der Waals surface area contributed by atoms with Gasteiger partial charge in [0.05, 0.1) is 6.04 Å². The summed E-state index contributed by atoms with van der Waals surface area (Å²) in [5.41, 5.74) is -1.42. The fraction of sp³-hybridized carbons (Fsp3) is 0.524. The third-order valence-corrected chi connectivity index (χ3v) is 6.25. The van der Waals surface area contributed by atoms with E-state index in [9.17, 15) is 19.2 Å². The van der Waals surface area contributed by atoms with E-state index >= 15 is 13.2 Å². The molecule has 0 radical (unpaired) electrons. The van der Waals surface area contributed by atoms with Gasteiger partial charge >= 0.3 is 0 Å². The quantitative estimate of drug-likeness (QED) is 0.301. The first-order valence-corrected chi connectivity index (χ1v) is 10.4. The molecule has 4 atom stereocenters. The number of anilines is 1. The summed E-state index contributed by atoms with van der Waals surface area (Å²) in [5.74, 6) is -6.11. The highest BCUT2D eigenvalue weighted by Crippen LogP contribution is 2.44. The third-order valence-electron chi connectivity index (χ3n) is 6.25. The number of nitrogens with zero attached hydrogens (tertiary/aromatic N) is 2. The molecule has 1 aromatic rings. The number of fused-ring (bicyclic) bond motifs is 1. The molecule has 3 aliphatic rings. The fourth-order valence-electron chi connectivity index (χ4n) is 5.04. The number of piperazine rings is 1. The van der Waals surface area contributed by atoms with Crippen LogP contribution in [-0.2, 0) is 25.7 Å². The number of Topliss-reactive ketones (excluding diaryl/α,β-unsaturated/α-hetero) is 1. The van der Waals surface area contributed by atoms with Crippen LogP contribution in [-0.4, -0.2) is 60.0 Å². The van der Waals surface area contributed by atoms with Gasteiger partial charge in [-0.2, -0.15) is 0 Å². The molecule has 2 saturated heterocycles. The molecule has 8 nitrogen and oxygen atoms in total. The van der Waals surface area contributed by atoms with E-state index in [1.165, 1.54) is 9.80 Å². The lowest BCUT2D eigenvalue weighted by atomic mass is 9.96. The van der Waals surface area contributed by atoms with Crippen LogP contribution in [0.2, 0.25) is 0 Å². The predicted molar refractivity (Wildman–Crippen MR) is 106 cm³/mol. The van der Waals surface area contributed by atoms with E-state index in [-0.39, 0.29) is 44.3 Å². The van der Waals surface area contributed by atoms with E-state index in [2.05, 4.69) is 10.6 Å². The van der Waals surface area contributed by atoms with Crippen molar-refractivity contribution in [2.45, 2.75) is 57.4 Å². The number of hydrogen-bond donors (Lipinski definition) is 2. The van der Waals surface area contributed by atoms with Crippen molar-refractivity contribution < 1.29 is 32.3 Å². The third kappa shape index (κ3) is 3.58. The second kappa shape index (κ2) is 8.28. The zero-order chi connectivity index (χ0) is 23.3. The molecule has 0 spiro atoms. The molecule has 172 valence electrons. The summed E-state index contributed by atoms with van der Waals surface area (Å²) >= 11 is 0. The maximum Gasteiger partial charge on any atom is 0.243 e. The monoisotopic (exact) mass is 452 g/mol. The van der Waals surface area contributed by atoms with Crippen LogP contribution in [0.25, 0.3) is 0 Å². The number of carbonyl (C=O) groups is 4. The number of halogens is 3. The van der Waals surface area contributed by atoms with Gasteiger partial charge < -0.3 is 10.2 Å². The minimum absolute atomic E-state index is 0.00664. The van der Waals surface area contributed by atoms with Gasteiger partial charge in [0.2, 0.25) is 17.6 Å². The summed E-state index contributed by atoms with van der Waals surface area (Å²) in [6.45, 7) is 3.62. The zero-order valence-electron chi connectivity index (χ0n) is 17.6. The maximum absolute atomic E-state index is 15.8. The van der Waals surface area contributed by atoms with Gasteiger partial charge in [-0.3, -0.25) is 29.4 Å². The number of piperidine rings is 1. The highest BCUT2D eigenvalue weighted by atomic mass is 19.2. The molecule has 2 fully saturated rings. The van der Waals surface area contributed by atoms with Crippen LogP contribution in [0.15, 0.2) is 0 Å². The highest BCUT2D eigenvalue weighted by molar-refractivity contribution is 6.27. The number of imide groups is 1. The van der Waals surface area contributed by atoms with Crippen LogP contribution in [0.3, 0.4) is 0 Å². The molecule has 0 aliphatic carbocycles. The van der Waals surface area contributed by atoms with Crippen LogP contribution in [0.1, 0.15) is 43.9 Å². The van der Waals surface area contributed by atoms with Crippen molar-refractivity contribution in [1.29, 1.82) is 0 Å². The number of rotatable bonds is 4. The van der Waals surface area contributed by atoms with Crippen molar-refractivity contribution >= 4 is 29.6 Å². The number of ketones is 1. The summed E-state index contributed by atoms with van der Waals surface area (Å²) in [5, 5.41) is 5.35. The molecule has 4 rings (SSSR count). The Balaban J connectivity index is 1.82. The molecule has 0 aromatic heterocycles. The van der Waals surface area contributed by atoms with Crippen molar-refractivity contribution in [3.63, 3.8) is 0 Å². The van der Waals surface area contributed by atoms with Gasteiger partial charge in [0, 0.05) is 49.3 Å². The summed E-state index contributed by atoms with van der Waals surface area (Å²) < 4.78 is 46.0. The van der Waals surface area contributed by atoms with Gasteiger partial charge in [-0.05, 0) is 20.3 Å². The van der Waals surface area contributed by atoms with Crippen molar-refractivity contribution in [2.75, 3.05) is 18.0 Å². The molecule has 3 heterocycles. The second-order valence-electron chi connectivity index (χ2n) is 8.62. The Bertz CT molecular complexity index is 1010. The predicted octanol–water partition coefficient (Wildman–Crippen LogP) is 0.720. The molecule has 11 heteroatoms. The molecule has 4 unspecified atom stereocenters. The van der Waals surface area contributed by atoms with Crippen LogP contribution >= 0.6 is 0 Å². The standard InChI is InChI=1S/C21H23F3N4O4/c1-9-5-27(6-10(2)25-9)20-17(23)15-11(16(22)18(20)24)7-28(19(15)13(30)8-29)12-3-4-14(31)26-21(12)32/h8-10,12,19,25H,3-7H2,1-2H3,(H,26,31,32). The van der Waals surface area contributed by atoms with Gasteiger partial charge in [-0.25, -0.2) is 13.2 Å². The topological polar surface area (TPSA) is 98.8 Å². The van der Waals surface area contributed by atoms with E-state index in [0.29, 0.717) is 0 Å². The van der Waals surface area contributed by atoms with E-state index in [0.717, 1.165) is 0 Å². The highest BCUT2D eigenvalue weighted by Gasteiger charge is 2.48. The Morgan fingerprint density at radius 1 is 1.06 bits per heavy atom. The Morgan fingerprint density at radius 3 is 2.31 bits per heavy atom. The van der Waals surface area contributed by atoms with Crippen LogP contribution in [0.5, 0.6) is 0 Å². The Hall–Kier alpha value is -2.79. The molecule has 2 amide bonds. The largest absolute Gasteiger partial charge is 0.364 e. The Labute approximate surface area is 182 Å². The number of carbonyl (C=O) groups excluding carboxylic acids is 4. The van der Waals surface area contributed by atoms with Gasteiger partial charge in [-0.1, -0.05) is 0 Å². The molecule has 1 aromatic carbocycles. The maximum atomic E-state index is 15.8. The first kappa shape index (κ1) is 22.4. The second-order valence-corrected chi connectivity index (χ2v) is 8.62. The Kier molecular flexibility index (Phi) is 5.80. The number of hydrogen-bond acceptors (Lipinski definition) is 7. The van der Waals surface area contributed by atoms with Gasteiger partial charge in [0.15, 0.2) is 23.7 Å². The van der Waals surface area contributed by atoms with Crippen molar-refractivity contribution in [3.8, 4) is 0 Å². The fourth-order valence-corrected chi connectivity index (χ4v) is 5.04. The zero-order valence-corrected chi connectivity index (χ0v) is 17.6. The van der Waals surface area contributed by atoms with Crippen LogP contribution in [0, 0.1) is 17.5 Å². The summed E-state index contributed by atoms with van der Waals surface area (Å²) in [7, 11) is 0. The first-order chi connectivity index (χ1) is 15.1. The van der Waals surface area contributed by atoms with Gasteiger partial charge in [0.1, 0.15) is 11.7 Å². The summed E-state index contributed by atoms with van der Waals surface area (Å²) in [6.07, 6.45) is -0.0485. The van der Waals surface area contributed by atoms with Crippen LogP contribution < -0.4 is 15.5 Å². The van der Waals surface area contributed by atoms with Crippen molar-refractivity contribution in [2.24, 2.45) is 0 Å². The average Bonchev–Trinajstić information content (AvgIpc) is 3.12. The number of aldehydes is 1. The minimum Gasteiger partial charge on any atom is -0.364 e. The molecule has 0 bridgehead atoms. The van der Waals surface area contributed by atoms with E-state index in [1.54, 1.807) is 0 Å².